The molecule has 0 radical (unpaired) electrons. The summed E-state index contributed by atoms with van der Waals surface area (Å²) in [6.45, 7) is 2.19. The molecular formula is C22H22N2O7S. The van der Waals surface area contributed by atoms with Gasteiger partial charge in [-0.3, -0.25) is 9.59 Å². The predicted octanol–water partition coefficient (Wildman–Crippen LogP) is 2.98. The highest BCUT2D eigenvalue weighted by Crippen LogP contribution is 2.28. The van der Waals surface area contributed by atoms with Gasteiger partial charge in [0.05, 0.1) is 42.4 Å². The van der Waals surface area contributed by atoms with E-state index >= 15 is 0 Å². The number of nitrogens with one attached hydrogen (secondary N) is 1. The lowest BCUT2D eigenvalue weighted by molar-refractivity contribution is -0.134. The number of aryl methyl sites for hydroxylation is 1. The Kier molecular flexibility index (Phi) is 7.72. The van der Waals surface area contributed by atoms with E-state index in [9.17, 15) is 19.2 Å². The number of ether oxygens (including phenoxy) is 2. The molecule has 0 unspecified atom stereocenters. The van der Waals surface area contributed by atoms with Gasteiger partial charge >= 0.3 is 11.9 Å². The number of nitrogens with zero attached hydrogens (tertiary/aromatic N) is 1. The normalized spacial score (nSPS) is 14.5. The van der Waals surface area contributed by atoms with Gasteiger partial charge < -0.3 is 24.1 Å². The van der Waals surface area contributed by atoms with E-state index in [1.807, 2.05) is 0 Å². The van der Waals surface area contributed by atoms with Gasteiger partial charge in [-0.1, -0.05) is 17.8 Å². The minimum Gasteiger partial charge on any atom is -0.466 e. The standard InChI is InChI=1S/C22H22N2O7S/c1-14-6-7-15(11-16(14)23-21(27)17-5-3-9-30-17)22(28)31-10-4-8-24-18(25)13-32-19(24)12-20(26)29-2/h3,5-7,9,11-12H,4,8,10,13H2,1-2H3,(H,23,27)/b19-12+. The molecule has 0 spiro atoms. The topological polar surface area (TPSA) is 115 Å². The molecule has 1 aromatic carbocycles. The number of carbonyl (C=O) groups is 4. The van der Waals surface area contributed by atoms with Crippen molar-refractivity contribution in [2.45, 2.75) is 13.3 Å². The Bertz CT molecular complexity index is 1050. The van der Waals surface area contributed by atoms with Crippen LogP contribution in [-0.2, 0) is 19.1 Å². The van der Waals surface area contributed by atoms with Crippen molar-refractivity contribution in [3.05, 3.63) is 64.6 Å². The number of thioether (sulfide) groups is 1. The number of anilines is 1. The number of carbonyl (C=O) groups excluding carboxylic acids is 4. The molecule has 1 N–H and O–H groups in total. The number of furan rings is 1. The summed E-state index contributed by atoms with van der Waals surface area (Å²) in [6, 6.07) is 8.00. The van der Waals surface area contributed by atoms with Crippen LogP contribution < -0.4 is 5.32 Å². The lowest BCUT2D eigenvalue weighted by Gasteiger charge is -2.16. The zero-order chi connectivity index (χ0) is 23.1. The van der Waals surface area contributed by atoms with Gasteiger partial charge in [0.1, 0.15) is 0 Å². The van der Waals surface area contributed by atoms with Crippen LogP contribution in [0, 0.1) is 6.92 Å². The fraction of sp³-hybridized carbons (Fsp3) is 0.273. The monoisotopic (exact) mass is 458 g/mol. The maximum atomic E-state index is 12.4. The molecule has 32 heavy (non-hydrogen) atoms. The lowest BCUT2D eigenvalue weighted by Crippen LogP contribution is -2.27. The number of esters is 2. The molecule has 2 amide bonds. The summed E-state index contributed by atoms with van der Waals surface area (Å²) in [5, 5.41) is 3.23. The van der Waals surface area contributed by atoms with Crippen molar-refractivity contribution in [3.63, 3.8) is 0 Å². The van der Waals surface area contributed by atoms with Crippen molar-refractivity contribution in [1.29, 1.82) is 0 Å². The van der Waals surface area contributed by atoms with Crippen molar-refractivity contribution >= 4 is 41.2 Å². The minimum absolute atomic E-state index is 0.0841. The van der Waals surface area contributed by atoms with E-state index in [0.29, 0.717) is 23.7 Å². The quantitative estimate of drug-likeness (QED) is 0.365. The minimum atomic E-state index is -0.550. The molecular weight excluding hydrogens is 436 g/mol. The van der Waals surface area contributed by atoms with Gasteiger partial charge in [-0.2, -0.15) is 0 Å². The maximum absolute atomic E-state index is 12.4. The highest BCUT2D eigenvalue weighted by Gasteiger charge is 2.27. The third-order valence-electron chi connectivity index (χ3n) is 4.58. The second-order valence-corrected chi connectivity index (χ2v) is 7.79. The number of hydrogen-bond acceptors (Lipinski definition) is 8. The van der Waals surface area contributed by atoms with Gasteiger partial charge in [-0.05, 0) is 43.2 Å². The second-order valence-electron chi connectivity index (χ2n) is 6.79. The summed E-state index contributed by atoms with van der Waals surface area (Å²) in [6.07, 6.45) is 3.06. The number of methoxy groups -OCH3 is 1. The first-order chi connectivity index (χ1) is 15.4. The SMILES string of the molecule is COC(=O)/C=C1/SCC(=O)N1CCCOC(=O)c1ccc(C)c(NC(=O)c2ccco2)c1. The summed E-state index contributed by atoms with van der Waals surface area (Å²) in [7, 11) is 1.27. The molecule has 2 aromatic rings. The summed E-state index contributed by atoms with van der Waals surface area (Å²) in [4.78, 5) is 49.5. The third-order valence-corrected chi connectivity index (χ3v) is 5.60. The van der Waals surface area contributed by atoms with E-state index < -0.39 is 17.8 Å². The summed E-state index contributed by atoms with van der Waals surface area (Å²) in [5.41, 5.74) is 1.53. The third kappa shape index (κ3) is 5.79. The molecule has 10 heteroatoms. The predicted molar refractivity (Wildman–Crippen MR) is 117 cm³/mol. The molecule has 1 aliphatic rings. The first-order valence-corrected chi connectivity index (χ1v) is 10.7. The summed E-state index contributed by atoms with van der Waals surface area (Å²) < 4.78 is 15.0. The molecule has 3 rings (SSSR count). The Morgan fingerprint density at radius 2 is 2.09 bits per heavy atom. The van der Waals surface area contributed by atoms with Crippen LogP contribution in [0.3, 0.4) is 0 Å². The van der Waals surface area contributed by atoms with E-state index in [-0.39, 0.29) is 29.6 Å². The zero-order valence-corrected chi connectivity index (χ0v) is 18.4. The molecule has 2 heterocycles. The van der Waals surface area contributed by atoms with Crippen LogP contribution in [0.2, 0.25) is 0 Å². The molecule has 168 valence electrons. The summed E-state index contributed by atoms with van der Waals surface area (Å²) in [5.74, 6) is -1.22. The van der Waals surface area contributed by atoms with Crippen molar-refractivity contribution in [2.75, 3.05) is 31.3 Å². The number of benzene rings is 1. The van der Waals surface area contributed by atoms with Crippen LogP contribution in [0.25, 0.3) is 0 Å². The number of amides is 2. The van der Waals surface area contributed by atoms with Crippen LogP contribution in [0.15, 0.2) is 52.1 Å². The van der Waals surface area contributed by atoms with Crippen LogP contribution >= 0.6 is 11.8 Å². The smallest absolute Gasteiger partial charge is 0.338 e. The van der Waals surface area contributed by atoms with Gasteiger partial charge in [0.15, 0.2) is 5.76 Å². The first-order valence-electron chi connectivity index (χ1n) is 9.74. The fourth-order valence-electron chi connectivity index (χ4n) is 2.87. The molecule has 0 saturated carbocycles. The van der Waals surface area contributed by atoms with E-state index in [2.05, 4.69) is 10.1 Å². The lowest BCUT2D eigenvalue weighted by atomic mass is 10.1. The van der Waals surface area contributed by atoms with Crippen molar-refractivity contribution in [3.8, 4) is 0 Å². The molecule has 1 aliphatic heterocycles. The summed E-state index contributed by atoms with van der Waals surface area (Å²) >= 11 is 1.26. The number of rotatable bonds is 8. The Balaban J connectivity index is 1.54. The van der Waals surface area contributed by atoms with Crippen LogP contribution in [0.1, 0.15) is 32.9 Å². The zero-order valence-electron chi connectivity index (χ0n) is 17.6. The number of hydrogen-bond donors (Lipinski definition) is 1. The van der Waals surface area contributed by atoms with Crippen LogP contribution in [-0.4, -0.2) is 54.7 Å². The van der Waals surface area contributed by atoms with Crippen molar-refractivity contribution in [1.82, 2.24) is 4.90 Å². The molecule has 0 aliphatic carbocycles. The molecule has 0 atom stereocenters. The highest BCUT2D eigenvalue weighted by atomic mass is 32.2. The Morgan fingerprint density at radius 1 is 1.28 bits per heavy atom. The molecule has 9 nitrogen and oxygen atoms in total. The van der Waals surface area contributed by atoms with Gasteiger partial charge in [0, 0.05) is 12.2 Å². The van der Waals surface area contributed by atoms with E-state index in [4.69, 9.17) is 9.15 Å². The highest BCUT2D eigenvalue weighted by molar-refractivity contribution is 8.04. The van der Waals surface area contributed by atoms with Crippen LogP contribution in [0.5, 0.6) is 0 Å². The second kappa shape index (κ2) is 10.7. The molecule has 0 bridgehead atoms. The maximum Gasteiger partial charge on any atom is 0.338 e. The van der Waals surface area contributed by atoms with Crippen LogP contribution in [0.4, 0.5) is 5.69 Å². The van der Waals surface area contributed by atoms with Crippen molar-refractivity contribution < 1.29 is 33.1 Å². The average molecular weight is 458 g/mol. The largest absolute Gasteiger partial charge is 0.466 e. The van der Waals surface area contributed by atoms with Crippen molar-refractivity contribution in [2.24, 2.45) is 0 Å². The van der Waals surface area contributed by atoms with E-state index in [1.165, 1.54) is 48.2 Å². The Hall–Kier alpha value is -3.53. The van der Waals surface area contributed by atoms with E-state index in [0.717, 1.165) is 5.56 Å². The van der Waals surface area contributed by atoms with Gasteiger partial charge in [-0.15, -0.1) is 0 Å². The molecule has 1 saturated heterocycles. The Labute approximate surface area is 188 Å². The Morgan fingerprint density at radius 3 is 2.81 bits per heavy atom. The van der Waals surface area contributed by atoms with Gasteiger partial charge in [0.2, 0.25) is 5.91 Å². The molecule has 1 fully saturated rings. The van der Waals surface area contributed by atoms with E-state index in [1.54, 1.807) is 25.1 Å². The van der Waals surface area contributed by atoms with Gasteiger partial charge in [-0.25, -0.2) is 9.59 Å². The first kappa shape index (κ1) is 23.1. The van der Waals surface area contributed by atoms with Gasteiger partial charge in [0.25, 0.3) is 5.91 Å². The molecule has 1 aromatic heterocycles. The fourth-order valence-corrected chi connectivity index (χ4v) is 3.83. The average Bonchev–Trinajstić information content (AvgIpc) is 3.43.